The number of nitrogens with zero attached hydrogens (tertiary/aromatic N) is 2. The van der Waals surface area contributed by atoms with Gasteiger partial charge in [0.1, 0.15) is 0 Å². The number of carbonyl (C=O) groups excluding carboxylic acids is 2. The fourth-order valence-corrected chi connectivity index (χ4v) is 2.19. The maximum Gasteiger partial charge on any atom is 0.490 e. The first-order valence-electron chi connectivity index (χ1n) is 9.14. The summed E-state index contributed by atoms with van der Waals surface area (Å²) in [5, 5.41) is 22.3. The third-order valence-electron chi connectivity index (χ3n) is 3.56. The summed E-state index contributed by atoms with van der Waals surface area (Å²) in [6, 6.07) is 9.32. The van der Waals surface area contributed by atoms with Crippen LogP contribution in [0, 0.1) is 5.41 Å². The van der Waals surface area contributed by atoms with E-state index in [1.807, 2.05) is 30.3 Å². The Kier molecular flexibility index (Phi) is 10.5. The number of anilines is 2. The van der Waals surface area contributed by atoms with Crippen molar-refractivity contribution in [1.82, 2.24) is 25.9 Å². The minimum absolute atomic E-state index is 0.0924. The molecule has 16 heteroatoms. The average molecular weight is 505 g/mol. The topological polar surface area (TPSA) is 209 Å². The first-order chi connectivity index (χ1) is 15.8. The van der Waals surface area contributed by atoms with Gasteiger partial charge in [0.2, 0.25) is 5.91 Å². The molecule has 1 aromatic heterocycles. The van der Waals surface area contributed by atoms with Gasteiger partial charge in [-0.15, -0.1) is 0 Å². The molecule has 2 amide bonds. The Morgan fingerprint density at radius 1 is 1.03 bits per heavy atom. The Bertz CT molecular complexity index is 1040. The van der Waals surface area contributed by atoms with Gasteiger partial charge in [-0.3, -0.25) is 20.3 Å². The maximum atomic E-state index is 12.0. The lowest BCUT2D eigenvalue weighted by Crippen LogP contribution is -2.43. The van der Waals surface area contributed by atoms with E-state index < -0.39 is 18.1 Å². The van der Waals surface area contributed by atoms with Gasteiger partial charge in [-0.2, -0.15) is 13.2 Å². The number of carboxylic acids is 1. The quantitative estimate of drug-likeness (QED) is 0.166. The summed E-state index contributed by atoms with van der Waals surface area (Å²) in [6.45, 7) is 0.517. The molecule has 184 valence electrons. The summed E-state index contributed by atoms with van der Waals surface area (Å²) in [4.78, 5) is 40.2. The van der Waals surface area contributed by atoms with Crippen LogP contribution >= 0.6 is 11.6 Å². The molecule has 9 N–H and O–H groups in total. The number of carboxylic acid groups (broad SMARTS) is 1. The van der Waals surface area contributed by atoms with Gasteiger partial charge in [0.15, 0.2) is 28.4 Å². The summed E-state index contributed by atoms with van der Waals surface area (Å²) in [5.74, 6) is -4.23. The second-order valence-corrected chi connectivity index (χ2v) is 6.56. The first-order valence-corrected chi connectivity index (χ1v) is 9.52. The monoisotopic (exact) mass is 504 g/mol. The van der Waals surface area contributed by atoms with Crippen LogP contribution in [0.1, 0.15) is 16.1 Å². The third-order valence-corrected chi connectivity index (χ3v) is 3.84. The molecular weight excluding hydrogens is 485 g/mol. The van der Waals surface area contributed by atoms with Crippen LogP contribution in [0.2, 0.25) is 5.15 Å². The lowest BCUT2D eigenvalue weighted by molar-refractivity contribution is -0.192. The van der Waals surface area contributed by atoms with Crippen LogP contribution in [0.4, 0.5) is 24.8 Å². The number of hydrogen-bond donors (Lipinski definition) is 7. The Morgan fingerprint density at radius 3 is 2.15 bits per heavy atom. The molecule has 0 aliphatic rings. The number of hydrogen-bond acceptors (Lipinski definition) is 8. The van der Waals surface area contributed by atoms with Crippen LogP contribution in [0.15, 0.2) is 30.3 Å². The van der Waals surface area contributed by atoms with Crippen molar-refractivity contribution in [2.24, 2.45) is 0 Å². The predicted octanol–water partition coefficient (Wildman–Crippen LogP) is 0.541. The standard InChI is InChI=1S/C16H19ClN8O2.C2HF3O2/c17-12-14(19)24-13(18)11(23-12)15(27)25-16(20)22-7-6-21-10(26)8-9-4-2-1-3-5-9;3-2(4,5)1(6)7/h1-5H,6-8H2,(H,21,26)(H4,18,19,24)(H3,20,22,25,27);(H,6,7). The molecule has 12 nitrogen and oxygen atoms in total. The highest BCUT2D eigenvalue weighted by atomic mass is 35.5. The van der Waals surface area contributed by atoms with Gasteiger partial charge in [-0.25, -0.2) is 14.8 Å². The zero-order valence-corrected chi connectivity index (χ0v) is 18.0. The Morgan fingerprint density at radius 2 is 1.59 bits per heavy atom. The molecule has 2 rings (SSSR count). The molecular formula is C18H20ClF3N8O4. The van der Waals surface area contributed by atoms with E-state index in [-0.39, 0.29) is 53.9 Å². The van der Waals surface area contributed by atoms with Crippen molar-refractivity contribution in [1.29, 1.82) is 5.41 Å². The summed E-state index contributed by atoms with van der Waals surface area (Å²) in [7, 11) is 0. The highest BCUT2D eigenvalue weighted by molar-refractivity contribution is 6.31. The first kappa shape index (κ1) is 27.9. The predicted molar refractivity (Wildman–Crippen MR) is 116 cm³/mol. The Labute approximate surface area is 195 Å². The number of guanidine groups is 1. The largest absolute Gasteiger partial charge is 0.490 e. The molecule has 0 spiro atoms. The lowest BCUT2D eigenvalue weighted by Gasteiger charge is -2.11. The van der Waals surface area contributed by atoms with E-state index in [1.54, 1.807) is 0 Å². The molecule has 0 saturated heterocycles. The highest BCUT2D eigenvalue weighted by Gasteiger charge is 2.38. The second-order valence-electron chi connectivity index (χ2n) is 6.20. The molecule has 2 aromatic rings. The molecule has 0 fully saturated rings. The molecule has 0 bridgehead atoms. The van der Waals surface area contributed by atoms with E-state index in [0.717, 1.165) is 5.56 Å². The molecule has 1 heterocycles. The average Bonchev–Trinajstić information content (AvgIpc) is 2.74. The molecule has 0 aliphatic heterocycles. The van der Waals surface area contributed by atoms with E-state index in [1.165, 1.54) is 0 Å². The number of nitrogens with one attached hydrogen (secondary N) is 4. The number of aromatic nitrogens is 2. The van der Waals surface area contributed by atoms with E-state index in [9.17, 15) is 22.8 Å². The minimum atomic E-state index is -5.08. The molecule has 1 aromatic carbocycles. The van der Waals surface area contributed by atoms with Gasteiger partial charge < -0.3 is 27.2 Å². The molecule has 0 aliphatic carbocycles. The third kappa shape index (κ3) is 9.99. The zero-order valence-electron chi connectivity index (χ0n) is 17.2. The van der Waals surface area contributed by atoms with Crippen LogP contribution in [-0.4, -0.2) is 58.1 Å². The van der Waals surface area contributed by atoms with Gasteiger partial charge in [0.05, 0.1) is 6.42 Å². The van der Waals surface area contributed by atoms with Gasteiger partial charge >= 0.3 is 12.1 Å². The molecule has 0 atom stereocenters. The SMILES string of the molecule is N=C(NCCNC(=O)Cc1ccccc1)NC(=O)c1nc(Cl)c(N)nc1N.O=C(O)C(F)(F)F. The second kappa shape index (κ2) is 12.8. The highest BCUT2D eigenvalue weighted by Crippen LogP contribution is 2.17. The molecule has 0 radical (unpaired) electrons. The zero-order chi connectivity index (χ0) is 25.9. The van der Waals surface area contributed by atoms with Crippen molar-refractivity contribution < 1.29 is 32.7 Å². The van der Waals surface area contributed by atoms with Crippen LogP contribution in [0.3, 0.4) is 0 Å². The van der Waals surface area contributed by atoms with Crippen LogP contribution in [0.5, 0.6) is 0 Å². The van der Waals surface area contributed by atoms with E-state index in [0.29, 0.717) is 0 Å². The molecule has 0 unspecified atom stereocenters. The van der Waals surface area contributed by atoms with E-state index >= 15 is 0 Å². The minimum Gasteiger partial charge on any atom is -0.475 e. The smallest absolute Gasteiger partial charge is 0.475 e. The van der Waals surface area contributed by atoms with E-state index in [4.69, 9.17) is 38.4 Å². The van der Waals surface area contributed by atoms with Gasteiger partial charge in [-0.1, -0.05) is 41.9 Å². The number of amides is 2. The summed E-state index contributed by atoms with van der Waals surface area (Å²) in [6.07, 6.45) is -4.81. The Balaban J connectivity index is 0.000000718. The van der Waals surface area contributed by atoms with Crippen molar-refractivity contribution in [2.75, 3.05) is 24.6 Å². The number of aliphatic carboxylic acids is 1. The van der Waals surface area contributed by atoms with Crippen molar-refractivity contribution in [3.05, 3.63) is 46.7 Å². The van der Waals surface area contributed by atoms with Crippen LogP contribution < -0.4 is 27.4 Å². The van der Waals surface area contributed by atoms with Crippen LogP contribution in [0.25, 0.3) is 0 Å². The number of alkyl halides is 3. The number of halogens is 4. The molecule has 0 saturated carbocycles. The van der Waals surface area contributed by atoms with Crippen molar-refractivity contribution in [2.45, 2.75) is 12.6 Å². The van der Waals surface area contributed by atoms with Gasteiger partial charge in [0.25, 0.3) is 5.91 Å². The summed E-state index contributed by atoms with van der Waals surface area (Å²) in [5.41, 5.74) is 11.7. The number of benzene rings is 1. The summed E-state index contributed by atoms with van der Waals surface area (Å²) < 4.78 is 31.7. The number of rotatable bonds is 6. The van der Waals surface area contributed by atoms with E-state index in [2.05, 4.69) is 25.9 Å². The normalized spacial score (nSPS) is 10.4. The Hall–Kier alpha value is -4.14. The summed E-state index contributed by atoms with van der Waals surface area (Å²) >= 11 is 5.71. The number of nitrogens with two attached hydrogens (primary N) is 2. The number of carbonyl (C=O) groups is 3. The fourth-order valence-electron chi connectivity index (χ4n) is 2.06. The van der Waals surface area contributed by atoms with Gasteiger partial charge in [0, 0.05) is 13.1 Å². The molecule has 34 heavy (non-hydrogen) atoms. The lowest BCUT2D eigenvalue weighted by atomic mass is 10.1. The van der Waals surface area contributed by atoms with Crippen molar-refractivity contribution >= 4 is 47.0 Å². The van der Waals surface area contributed by atoms with Gasteiger partial charge in [-0.05, 0) is 5.56 Å². The maximum absolute atomic E-state index is 12.0. The van der Waals surface area contributed by atoms with Crippen molar-refractivity contribution in [3.8, 4) is 0 Å². The number of nitrogen functional groups attached to an aromatic ring is 2. The van der Waals surface area contributed by atoms with Crippen molar-refractivity contribution in [3.63, 3.8) is 0 Å². The fraction of sp³-hybridized carbons (Fsp3) is 0.222. The van der Waals surface area contributed by atoms with Crippen LogP contribution in [-0.2, 0) is 16.0 Å².